The van der Waals surface area contributed by atoms with Gasteiger partial charge in [0.2, 0.25) is 0 Å². The van der Waals surface area contributed by atoms with Crippen molar-refractivity contribution in [1.29, 1.82) is 0 Å². The Balaban J connectivity index is 1.69. The number of rotatable bonds is 5. The van der Waals surface area contributed by atoms with Gasteiger partial charge in [-0.05, 0) is 48.0 Å². The Morgan fingerprint density at radius 2 is 1.79 bits per heavy atom. The van der Waals surface area contributed by atoms with Crippen LogP contribution in [0, 0.1) is 5.82 Å². The molecule has 0 aromatic heterocycles. The van der Waals surface area contributed by atoms with Gasteiger partial charge in [-0.2, -0.15) is 0 Å². The van der Waals surface area contributed by atoms with Gasteiger partial charge in [0.15, 0.2) is 0 Å². The number of carbonyl (C=O) groups is 3. The molecule has 0 unspecified atom stereocenters. The highest BCUT2D eigenvalue weighted by Crippen LogP contribution is 2.32. The van der Waals surface area contributed by atoms with Crippen LogP contribution in [0.25, 0.3) is 6.08 Å². The second kappa shape index (κ2) is 8.32. The zero-order valence-corrected chi connectivity index (χ0v) is 15.8. The summed E-state index contributed by atoms with van der Waals surface area (Å²) in [5.41, 5.74) is 0.866. The Kier molecular flexibility index (Phi) is 5.86. The molecule has 0 radical (unpaired) electrons. The Labute approximate surface area is 168 Å². The van der Waals surface area contributed by atoms with Crippen molar-refractivity contribution >= 4 is 52.2 Å². The van der Waals surface area contributed by atoms with Crippen molar-refractivity contribution in [3.05, 3.63) is 70.4 Å². The minimum atomic E-state index is -1.15. The summed E-state index contributed by atoms with van der Waals surface area (Å²) in [5.74, 6) is -2.41. The minimum absolute atomic E-state index is 0.184. The van der Waals surface area contributed by atoms with Crippen molar-refractivity contribution in [2.45, 2.75) is 0 Å². The van der Waals surface area contributed by atoms with Gasteiger partial charge in [0.1, 0.15) is 22.4 Å². The summed E-state index contributed by atoms with van der Waals surface area (Å²) in [5, 5.41) is 8.84. The molecule has 0 atom stereocenters. The summed E-state index contributed by atoms with van der Waals surface area (Å²) in [4.78, 5) is 36.4. The molecule has 28 heavy (non-hydrogen) atoms. The van der Waals surface area contributed by atoms with Crippen molar-refractivity contribution in [3.8, 4) is 5.75 Å². The second-order valence-corrected chi connectivity index (χ2v) is 7.30. The maximum absolute atomic E-state index is 12.9. The first-order valence-electron chi connectivity index (χ1n) is 7.88. The van der Waals surface area contributed by atoms with E-state index in [4.69, 9.17) is 22.1 Å². The predicted octanol–water partition coefficient (Wildman–Crippen LogP) is 3.33. The van der Waals surface area contributed by atoms with Crippen LogP contribution in [-0.2, 0) is 9.59 Å². The highest BCUT2D eigenvalue weighted by atomic mass is 32.2. The molecule has 1 N–H and O–H groups in total. The summed E-state index contributed by atoms with van der Waals surface area (Å²) in [7, 11) is 0. The van der Waals surface area contributed by atoms with Gasteiger partial charge in [0, 0.05) is 0 Å². The number of carboxylic acid groups (broad SMARTS) is 1. The average Bonchev–Trinajstić information content (AvgIpc) is 2.91. The molecule has 1 saturated heterocycles. The van der Waals surface area contributed by atoms with Crippen LogP contribution >= 0.6 is 24.0 Å². The molecule has 2 aromatic carbocycles. The molecule has 3 rings (SSSR count). The molecule has 9 heteroatoms. The first-order valence-corrected chi connectivity index (χ1v) is 9.11. The second-order valence-electron chi connectivity index (χ2n) is 5.63. The van der Waals surface area contributed by atoms with Crippen molar-refractivity contribution in [2.24, 2.45) is 0 Å². The van der Waals surface area contributed by atoms with E-state index in [1.165, 1.54) is 24.3 Å². The molecule has 0 aliphatic carbocycles. The third-order valence-electron chi connectivity index (χ3n) is 3.64. The summed E-state index contributed by atoms with van der Waals surface area (Å²) >= 11 is 6.06. The smallest absolute Gasteiger partial charge is 0.343 e. The number of thioether (sulfide) groups is 1. The molecule has 1 aliphatic heterocycles. The van der Waals surface area contributed by atoms with Gasteiger partial charge in [-0.15, -0.1) is 0 Å². The minimum Gasteiger partial charge on any atom is -0.480 e. The summed E-state index contributed by atoms with van der Waals surface area (Å²) < 4.78 is 18.3. The molecular weight excluding hydrogens is 405 g/mol. The van der Waals surface area contributed by atoms with Crippen LogP contribution in [0.15, 0.2) is 53.4 Å². The van der Waals surface area contributed by atoms with Gasteiger partial charge in [-0.25, -0.2) is 9.18 Å². The van der Waals surface area contributed by atoms with Gasteiger partial charge in [0.25, 0.3) is 5.91 Å². The van der Waals surface area contributed by atoms with Crippen LogP contribution in [0.1, 0.15) is 15.9 Å². The number of hydrogen-bond donors (Lipinski definition) is 1. The van der Waals surface area contributed by atoms with E-state index in [9.17, 15) is 18.8 Å². The van der Waals surface area contributed by atoms with E-state index in [0.717, 1.165) is 16.7 Å². The quantitative estimate of drug-likeness (QED) is 0.346. The summed E-state index contributed by atoms with van der Waals surface area (Å²) in [6.07, 6.45) is 1.58. The standard InChI is InChI=1S/C19H12FNO5S2/c20-13-5-3-12(4-6-13)18(25)26-14-7-1-11(2-8-14)9-15-17(24)21(10-16(22)23)19(27)28-15/h1-9H,10H2,(H,22,23). The number of esters is 1. The van der Waals surface area contributed by atoms with Gasteiger partial charge >= 0.3 is 11.9 Å². The van der Waals surface area contributed by atoms with E-state index in [1.54, 1.807) is 30.3 Å². The molecule has 1 aliphatic rings. The molecule has 1 heterocycles. The van der Waals surface area contributed by atoms with Crippen molar-refractivity contribution in [2.75, 3.05) is 6.54 Å². The lowest BCUT2D eigenvalue weighted by molar-refractivity contribution is -0.140. The first kappa shape index (κ1) is 19.7. The number of carbonyl (C=O) groups excluding carboxylic acids is 2. The molecule has 2 aromatic rings. The highest BCUT2D eigenvalue weighted by Gasteiger charge is 2.33. The number of ether oxygens (including phenoxy) is 1. The summed E-state index contributed by atoms with van der Waals surface area (Å²) in [6, 6.07) is 11.3. The lowest BCUT2D eigenvalue weighted by atomic mass is 10.2. The van der Waals surface area contributed by atoms with Crippen molar-refractivity contribution in [3.63, 3.8) is 0 Å². The van der Waals surface area contributed by atoms with E-state index >= 15 is 0 Å². The van der Waals surface area contributed by atoms with E-state index in [2.05, 4.69) is 0 Å². The fourth-order valence-electron chi connectivity index (χ4n) is 2.31. The fraction of sp³-hybridized carbons (Fsp3) is 0.0526. The zero-order valence-electron chi connectivity index (χ0n) is 14.1. The molecular formula is C19H12FNO5S2. The molecule has 0 saturated carbocycles. The van der Waals surface area contributed by atoms with Crippen LogP contribution in [-0.4, -0.2) is 38.7 Å². The van der Waals surface area contributed by atoms with Crippen LogP contribution in [0.3, 0.4) is 0 Å². The number of carboxylic acids is 1. The topological polar surface area (TPSA) is 83.9 Å². The maximum Gasteiger partial charge on any atom is 0.343 e. The molecule has 142 valence electrons. The highest BCUT2D eigenvalue weighted by molar-refractivity contribution is 8.26. The third kappa shape index (κ3) is 4.62. The first-order chi connectivity index (χ1) is 13.3. The van der Waals surface area contributed by atoms with Gasteiger partial charge < -0.3 is 9.84 Å². The predicted molar refractivity (Wildman–Crippen MR) is 105 cm³/mol. The number of hydrogen-bond acceptors (Lipinski definition) is 6. The van der Waals surface area contributed by atoms with Crippen molar-refractivity contribution < 1.29 is 28.6 Å². The number of thiocarbonyl (C=S) groups is 1. The Morgan fingerprint density at radius 3 is 2.39 bits per heavy atom. The fourth-order valence-corrected chi connectivity index (χ4v) is 3.56. The molecule has 0 bridgehead atoms. The molecule has 1 fully saturated rings. The SMILES string of the molecule is O=C(O)CN1C(=O)C(=Cc2ccc(OC(=O)c3ccc(F)cc3)cc2)SC1=S. The van der Waals surface area contributed by atoms with E-state index in [0.29, 0.717) is 10.5 Å². The Bertz CT molecular complexity index is 986. The number of benzene rings is 2. The Hall–Kier alpha value is -3.04. The van der Waals surface area contributed by atoms with Crippen molar-refractivity contribution in [1.82, 2.24) is 4.90 Å². The zero-order chi connectivity index (χ0) is 20.3. The van der Waals surface area contributed by atoms with E-state index < -0.39 is 30.2 Å². The van der Waals surface area contributed by atoms with E-state index in [1.807, 2.05) is 0 Å². The lowest BCUT2D eigenvalue weighted by Gasteiger charge is -2.10. The number of nitrogens with zero attached hydrogens (tertiary/aromatic N) is 1. The monoisotopic (exact) mass is 417 g/mol. The van der Waals surface area contributed by atoms with Gasteiger partial charge in [0.05, 0.1) is 10.5 Å². The van der Waals surface area contributed by atoms with Gasteiger partial charge in [-0.1, -0.05) is 36.1 Å². The third-order valence-corrected chi connectivity index (χ3v) is 5.01. The number of amides is 1. The van der Waals surface area contributed by atoms with E-state index in [-0.39, 0.29) is 15.6 Å². The molecule has 1 amide bonds. The summed E-state index contributed by atoms with van der Waals surface area (Å²) in [6.45, 7) is -0.486. The number of halogens is 1. The normalized spacial score (nSPS) is 15.2. The van der Waals surface area contributed by atoms with Crippen LogP contribution in [0.5, 0.6) is 5.75 Å². The van der Waals surface area contributed by atoms with Crippen LogP contribution in [0.4, 0.5) is 4.39 Å². The van der Waals surface area contributed by atoms with Gasteiger partial charge in [-0.3, -0.25) is 14.5 Å². The largest absolute Gasteiger partial charge is 0.480 e. The average molecular weight is 417 g/mol. The maximum atomic E-state index is 12.9. The van der Waals surface area contributed by atoms with Crippen LogP contribution in [0.2, 0.25) is 0 Å². The lowest BCUT2D eigenvalue weighted by Crippen LogP contribution is -2.33. The molecule has 0 spiro atoms. The Morgan fingerprint density at radius 1 is 1.14 bits per heavy atom. The number of aliphatic carboxylic acids is 1. The molecule has 6 nitrogen and oxygen atoms in total. The van der Waals surface area contributed by atoms with Crippen LogP contribution < -0.4 is 4.74 Å².